The molecule has 0 aliphatic heterocycles. The van der Waals surface area contributed by atoms with Crippen LogP contribution in [0, 0.1) is 12.3 Å². The maximum Gasteiger partial charge on any atom is 0.408 e. The summed E-state index contributed by atoms with van der Waals surface area (Å²) in [4.78, 5) is 42.3. The summed E-state index contributed by atoms with van der Waals surface area (Å²) in [7, 11) is 0. The summed E-state index contributed by atoms with van der Waals surface area (Å²) in [6.45, 7) is 11.8. The van der Waals surface area contributed by atoms with Crippen molar-refractivity contribution in [2.45, 2.75) is 104 Å². The maximum absolute atomic E-state index is 14.2. The largest absolute Gasteiger partial charge is 0.444 e. The highest BCUT2D eigenvalue weighted by atomic mass is 32.2. The molecule has 0 saturated heterocycles. The highest BCUT2D eigenvalue weighted by molar-refractivity contribution is 7.98. The van der Waals surface area contributed by atoms with Gasteiger partial charge in [0.25, 0.3) is 0 Å². The number of rotatable bonds is 15. The minimum atomic E-state index is -0.928. The lowest BCUT2D eigenvalue weighted by Gasteiger charge is -2.35. The summed E-state index contributed by atoms with van der Waals surface area (Å²) in [5, 5.41) is 5.87. The number of carbonyl (C=O) groups is 3. The molecule has 38 heavy (non-hydrogen) atoms. The zero-order chi connectivity index (χ0) is 28.7. The summed E-state index contributed by atoms with van der Waals surface area (Å²) in [5.41, 5.74) is 0.452. The van der Waals surface area contributed by atoms with Crippen LogP contribution in [0.25, 0.3) is 0 Å². The Morgan fingerprint density at radius 2 is 1.76 bits per heavy atom. The molecule has 7 nitrogen and oxygen atoms in total. The second-order valence-electron chi connectivity index (χ2n) is 10.6. The molecule has 0 bridgehead atoms. The number of carbonyl (C=O) groups excluding carboxylic acids is 3. The average molecular weight is 546 g/mol. The van der Waals surface area contributed by atoms with E-state index in [0.717, 1.165) is 32.1 Å². The van der Waals surface area contributed by atoms with Gasteiger partial charge in [-0.25, -0.2) is 4.79 Å². The van der Waals surface area contributed by atoms with Crippen molar-refractivity contribution in [3.63, 3.8) is 0 Å². The average Bonchev–Trinajstić information content (AvgIpc) is 2.84. The Kier molecular flexibility index (Phi) is 15.0. The number of nitrogens with zero attached hydrogens (tertiary/aromatic N) is 1. The van der Waals surface area contributed by atoms with E-state index in [-0.39, 0.29) is 17.9 Å². The molecule has 0 fully saturated rings. The number of alkyl carbamates (subject to hydrolysis) is 1. The highest BCUT2D eigenvalue weighted by Crippen LogP contribution is 2.27. The zero-order valence-corrected chi connectivity index (χ0v) is 25.1. The number of benzene rings is 1. The topological polar surface area (TPSA) is 87.7 Å². The molecule has 8 heteroatoms. The molecule has 0 aliphatic rings. The molecule has 0 aliphatic carbocycles. The van der Waals surface area contributed by atoms with Gasteiger partial charge in [-0.15, -0.1) is 6.42 Å². The Labute approximate surface area is 234 Å². The standard InChI is InChI=1S/C30H47N3O4S/c1-9-12-15-20-33(28(35)25(19-21-38-8)32-29(36)37-30(5,6)7)26(27(34)31-22(4)16-10-2)24-18-14-13-17-23(24)11-3/h3,13-14,17-18,22,25-26H,9-10,12,15-16,19-21H2,1-2,4-8H3,(H,31,34)(H,32,36). The molecular formula is C30H47N3O4S. The summed E-state index contributed by atoms with van der Waals surface area (Å²) >= 11 is 1.58. The summed E-state index contributed by atoms with van der Waals surface area (Å²) < 4.78 is 5.45. The fourth-order valence-electron chi connectivity index (χ4n) is 4.19. The monoisotopic (exact) mass is 545 g/mol. The predicted octanol–water partition coefficient (Wildman–Crippen LogP) is 5.68. The number of thioether (sulfide) groups is 1. The quantitative estimate of drug-likeness (QED) is 0.219. The SMILES string of the molecule is C#Cc1ccccc1C(C(=O)NC(C)CCC)N(CCCCC)C(=O)C(CCSC)NC(=O)OC(C)(C)C. The Balaban J connectivity index is 3.56. The third kappa shape index (κ3) is 11.4. The van der Waals surface area contributed by atoms with E-state index < -0.39 is 23.8 Å². The fraction of sp³-hybridized carbons (Fsp3) is 0.633. The molecule has 3 amide bonds. The second kappa shape index (κ2) is 17.0. The predicted molar refractivity (Wildman–Crippen MR) is 157 cm³/mol. The van der Waals surface area contributed by atoms with Crippen LogP contribution in [0.3, 0.4) is 0 Å². The van der Waals surface area contributed by atoms with Gasteiger partial charge in [0.2, 0.25) is 11.8 Å². The van der Waals surface area contributed by atoms with Crippen LogP contribution in [0.5, 0.6) is 0 Å². The van der Waals surface area contributed by atoms with Crippen molar-refractivity contribution in [2.24, 2.45) is 0 Å². The first-order valence-corrected chi connectivity index (χ1v) is 15.0. The summed E-state index contributed by atoms with van der Waals surface area (Å²) in [6, 6.07) is 5.40. The van der Waals surface area contributed by atoms with Gasteiger partial charge in [-0.3, -0.25) is 9.59 Å². The lowest BCUT2D eigenvalue weighted by atomic mass is 9.96. The molecule has 0 spiro atoms. The molecule has 1 rings (SSSR count). The van der Waals surface area contributed by atoms with E-state index in [1.165, 1.54) is 0 Å². The third-order valence-electron chi connectivity index (χ3n) is 5.97. The van der Waals surface area contributed by atoms with Crippen LogP contribution in [0.2, 0.25) is 0 Å². The van der Waals surface area contributed by atoms with E-state index in [1.807, 2.05) is 31.4 Å². The van der Waals surface area contributed by atoms with E-state index in [1.54, 1.807) is 43.5 Å². The van der Waals surface area contributed by atoms with Crippen molar-refractivity contribution >= 4 is 29.7 Å². The second-order valence-corrected chi connectivity index (χ2v) is 11.5. The minimum absolute atomic E-state index is 0.0623. The van der Waals surface area contributed by atoms with Crippen LogP contribution in [-0.2, 0) is 14.3 Å². The van der Waals surface area contributed by atoms with Crippen molar-refractivity contribution in [1.29, 1.82) is 0 Å². The Hall–Kier alpha value is -2.66. The first-order valence-electron chi connectivity index (χ1n) is 13.6. The Morgan fingerprint density at radius 1 is 1.08 bits per heavy atom. The van der Waals surface area contributed by atoms with Crippen molar-refractivity contribution in [3.8, 4) is 12.3 Å². The van der Waals surface area contributed by atoms with Gasteiger partial charge >= 0.3 is 6.09 Å². The van der Waals surface area contributed by atoms with Gasteiger partial charge in [-0.05, 0) is 70.6 Å². The van der Waals surface area contributed by atoms with Crippen LogP contribution >= 0.6 is 11.8 Å². The zero-order valence-electron chi connectivity index (χ0n) is 24.3. The molecule has 0 heterocycles. The van der Waals surface area contributed by atoms with Crippen LogP contribution in [-0.4, -0.2) is 59.0 Å². The Morgan fingerprint density at radius 3 is 2.34 bits per heavy atom. The third-order valence-corrected chi connectivity index (χ3v) is 6.61. The summed E-state index contributed by atoms with van der Waals surface area (Å²) in [6.07, 6.45) is 11.8. The van der Waals surface area contributed by atoms with E-state index in [0.29, 0.717) is 29.8 Å². The Bertz CT molecular complexity index is 938. The van der Waals surface area contributed by atoms with Crippen LogP contribution < -0.4 is 10.6 Å². The van der Waals surface area contributed by atoms with E-state index >= 15 is 0 Å². The van der Waals surface area contributed by atoms with Crippen LogP contribution in [0.15, 0.2) is 24.3 Å². The van der Waals surface area contributed by atoms with Gasteiger partial charge in [0.15, 0.2) is 0 Å². The van der Waals surface area contributed by atoms with Crippen molar-refractivity contribution < 1.29 is 19.1 Å². The van der Waals surface area contributed by atoms with Crippen molar-refractivity contribution in [3.05, 3.63) is 35.4 Å². The van der Waals surface area contributed by atoms with Gasteiger partial charge in [0.1, 0.15) is 17.7 Å². The number of unbranched alkanes of at least 4 members (excludes halogenated alkanes) is 2. The first-order chi connectivity index (χ1) is 18.0. The smallest absolute Gasteiger partial charge is 0.408 e. The van der Waals surface area contributed by atoms with E-state index in [4.69, 9.17) is 11.2 Å². The molecule has 0 saturated carbocycles. The molecular weight excluding hydrogens is 498 g/mol. The highest BCUT2D eigenvalue weighted by Gasteiger charge is 2.37. The number of nitrogens with one attached hydrogen (secondary N) is 2. The lowest BCUT2D eigenvalue weighted by Crippen LogP contribution is -2.54. The van der Waals surface area contributed by atoms with Crippen molar-refractivity contribution in [2.75, 3.05) is 18.6 Å². The molecule has 0 aromatic heterocycles. The normalized spacial score (nSPS) is 13.5. The fourth-order valence-corrected chi connectivity index (χ4v) is 4.66. The molecule has 3 unspecified atom stereocenters. The molecule has 0 radical (unpaired) electrons. The van der Waals surface area contributed by atoms with Gasteiger partial charge < -0.3 is 20.3 Å². The molecule has 1 aromatic rings. The van der Waals surface area contributed by atoms with Crippen LogP contribution in [0.4, 0.5) is 4.79 Å². The molecule has 2 N–H and O–H groups in total. The lowest BCUT2D eigenvalue weighted by molar-refractivity contribution is -0.143. The maximum atomic E-state index is 14.2. The molecule has 1 aromatic carbocycles. The van der Waals surface area contributed by atoms with Crippen molar-refractivity contribution in [1.82, 2.24) is 15.5 Å². The van der Waals surface area contributed by atoms with E-state index in [2.05, 4.69) is 30.4 Å². The summed E-state index contributed by atoms with van der Waals surface area (Å²) in [5.74, 6) is 2.73. The number of ether oxygens (including phenoxy) is 1. The van der Waals surface area contributed by atoms with Crippen LogP contribution in [0.1, 0.15) is 97.2 Å². The number of hydrogen-bond donors (Lipinski definition) is 2. The molecule has 212 valence electrons. The van der Waals surface area contributed by atoms with Gasteiger partial charge in [-0.2, -0.15) is 11.8 Å². The first kappa shape index (κ1) is 33.4. The van der Waals surface area contributed by atoms with E-state index in [9.17, 15) is 14.4 Å². The number of terminal acetylenes is 1. The molecule has 3 atom stereocenters. The van der Waals surface area contributed by atoms with Gasteiger partial charge in [0.05, 0.1) is 0 Å². The number of hydrogen-bond acceptors (Lipinski definition) is 5. The van der Waals surface area contributed by atoms with Gasteiger partial charge in [-0.1, -0.05) is 57.2 Å². The van der Waals surface area contributed by atoms with Gasteiger partial charge in [0, 0.05) is 18.2 Å². The minimum Gasteiger partial charge on any atom is -0.444 e. The number of amides is 3.